The number of rotatable bonds is 5. The van der Waals surface area contributed by atoms with E-state index >= 15 is 0 Å². The van der Waals surface area contributed by atoms with Gasteiger partial charge in [0.1, 0.15) is 17.3 Å². The molecule has 0 aliphatic heterocycles. The van der Waals surface area contributed by atoms with Crippen molar-refractivity contribution in [3.63, 3.8) is 0 Å². The van der Waals surface area contributed by atoms with Crippen molar-refractivity contribution in [2.75, 3.05) is 5.73 Å². The summed E-state index contributed by atoms with van der Waals surface area (Å²) in [6, 6.07) is 14.9. The molecule has 3 aromatic rings. The van der Waals surface area contributed by atoms with Crippen LogP contribution in [0.15, 0.2) is 48.5 Å². The zero-order valence-electron chi connectivity index (χ0n) is 13.5. The maximum Gasteiger partial charge on any atom is 0.151 e. The number of anilines is 1. The first-order valence-corrected chi connectivity index (χ1v) is 8.32. The zero-order valence-corrected chi connectivity index (χ0v) is 14.2. The van der Waals surface area contributed by atoms with Gasteiger partial charge in [0.2, 0.25) is 0 Å². The molecule has 124 valence electrons. The van der Waals surface area contributed by atoms with Crippen LogP contribution in [0.2, 0.25) is 5.02 Å². The fourth-order valence-electron chi connectivity index (χ4n) is 2.76. The number of nitrogens with two attached hydrogens (primary N) is 1. The van der Waals surface area contributed by atoms with Gasteiger partial charge in [-0.25, -0.2) is 9.37 Å². The minimum absolute atomic E-state index is 0.0709. The maximum atomic E-state index is 14.4. The second-order valence-electron chi connectivity index (χ2n) is 5.69. The average Bonchev–Trinajstić information content (AvgIpc) is 2.88. The SMILES string of the molecule is CCCc1nc(-c2cccc(Cl)c2F)c(N)n1Cc1ccccc1. The Hall–Kier alpha value is -2.33. The molecule has 0 bridgehead atoms. The van der Waals surface area contributed by atoms with Crippen LogP contribution in [0, 0.1) is 5.82 Å². The Morgan fingerprint density at radius 1 is 1.12 bits per heavy atom. The molecule has 0 unspecified atom stereocenters. The van der Waals surface area contributed by atoms with Crippen LogP contribution in [0.5, 0.6) is 0 Å². The normalized spacial score (nSPS) is 11.0. The number of aryl methyl sites for hydroxylation is 1. The molecule has 3 rings (SSSR count). The summed E-state index contributed by atoms with van der Waals surface area (Å²) < 4.78 is 16.3. The van der Waals surface area contributed by atoms with Gasteiger partial charge in [-0.2, -0.15) is 0 Å². The number of hydrogen-bond acceptors (Lipinski definition) is 2. The van der Waals surface area contributed by atoms with E-state index < -0.39 is 5.82 Å². The van der Waals surface area contributed by atoms with Crippen LogP contribution >= 0.6 is 11.6 Å². The molecule has 0 radical (unpaired) electrons. The van der Waals surface area contributed by atoms with E-state index in [1.807, 2.05) is 34.9 Å². The molecule has 0 saturated carbocycles. The molecule has 3 nitrogen and oxygen atoms in total. The Bertz CT molecular complexity index is 843. The van der Waals surface area contributed by atoms with Crippen LogP contribution in [0.25, 0.3) is 11.3 Å². The smallest absolute Gasteiger partial charge is 0.151 e. The molecule has 1 heterocycles. The van der Waals surface area contributed by atoms with E-state index in [0.717, 1.165) is 24.2 Å². The highest BCUT2D eigenvalue weighted by Crippen LogP contribution is 2.32. The predicted molar refractivity (Wildman–Crippen MR) is 96.6 cm³/mol. The minimum Gasteiger partial charge on any atom is -0.383 e. The number of halogens is 2. The van der Waals surface area contributed by atoms with Crippen molar-refractivity contribution in [1.82, 2.24) is 9.55 Å². The first kappa shape index (κ1) is 16.5. The zero-order chi connectivity index (χ0) is 17.1. The first-order valence-electron chi connectivity index (χ1n) is 7.95. The standard InChI is InChI=1S/C19H19ClFN3/c1-2-7-16-23-18(14-10-6-11-15(20)17(14)21)19(22)24(16)12-13-8-4-3-5-9-13/h3-6,8-11H,2,7,12,22H2,1H3. The third-order valence-corrected chi connectivity index (χ3v) is 4.24. The van der Waals surface area contributed by atoms with E-state index in [4.69, 9.17) is 17.3 Å². The van der Waals surface area contributed by atoms with Crippen molar-refractivity contribution in [3.8, 4) is 11.3 Å². The van der Waals surface area contributed by atoms with Gasteiger partial charge in [-0.15, -0.1) is 0 Å². The Kier molecular flexibility index (Phi) is 4.86. The number of hydrogen-bond donors (Lipinski definition) is 1. The van der Waals surface area contributed by atoms with Crippen LogP contribution in [-0.2, 0) is 13.0 Å². The number of nitrogen functional groups attached to an aromatic ring is 1. The number of imidazole rings is 1. The van der Waals surface area contributed by atoms with E-state index in [2.05, 4.69) is 11.9 Å². The Morgan fingerprint density at radius 2 is 1.88 bits per heavy atom. The van der Waals surface area contributed by atoms with Crippen molar-refractivity contribution in [1.29, 1.82) is 0 Å². The highest BCUT2D eigenvalue weighted by Gasteiger charge is 2.19. The summed E-state index contributed by atoms with van der Waals surface area (Å²) >= 11 is 5.90. The summed E-state index contributed by atoms with van der Waals surface area (Å²) in [4.78, 5) is 4.61. The van der Waals surface area contributed by atoms with Gasteiger partial charge in [-0.05, 0) is 24.1 Å². The molecule has 1 aromatic heterocycles. The van der Waals surface area contributed by atoms with Crippen LogP contribution in [0.3, 0.4) is 0 Å². The number of benzene rings is 2. The molecular weight excluding hydrogens is 325 g/mol. The largest absolute Gasteiger partial charge is 0.383 e. The molecular formula is C19H19ClFN3. The van der Waals surface area contributed by atoms with Crippen molar-refractivity contribution >= 4 is 17.4 Å². The van der Waals surface area contributed by atoms with Gasteiger partial charge in [0.25, 0.3) is 0 Å². The lowest BCUT2D eigenvalue weighted by Crippen LogP contribution is -2.08. The summed E-state index contributed by atoms with van der Waals surface area (Å²) in [6.45, 7) is 2.69. The summed E-state index contributed by atoms with van der Waals surface area (Å²) in [5, 5.41) is 0.0709. The number of aromatic nitrogens is 2. The molecule has 0 amide bonds. The summed E-state index contributed by atoms with van der Waals surface area (Å²) in [6.07, 6.45) is 1.71. The van der Waals surface area contributed by atoms with E-state index in [1.54, 1.807) is 12.1 Å². The average molecular weight is 344 g/mol. The van der Waals surface area contributed by atoms with Crippen LogP contribution in [0.4, 0.5) is 10.2 Å². The Labute approximate surface area is 145 Å². The van der Waals surface area contributed by atoms with Gasteiger partial charge in [0, 0.05) is 12.0 Å². The third-order valence-electron chi connectivity index (χ3n) is 3.95. The summed E-state index contributed by atoms with van der Waals surface area (Å²) in [5.74, 6) is 0.829. The molecule has 0 spiro atoms. The van der Waals surface area contributed by atoms with Crippen molar-refractivity contribution in [2.24, 2.45) is 0 Å². The quantitative estimate of drug-likeness (QED) is 0.714. The highest BCUT2D eigenvalue weighted by molar-refractivity contribution is 6.31. The van der Waals surface area contributed by atoms with Crippen molar-refractivity contribution in [2.45, 2.75) is 26.3 Å². The lowest BCUT2D eigenvalue weighted by molar-refractivity contribution is 0.631. The fraction of sp³-hybridized carbons (Fsp3) is 0.211. The van der Waals surface area contributed by atoms with Gasteiger partial charge in [-0.1, -0.05) is 54.9 Å². The molecule has 2 N–H and O–H groups in total. The summed E-state index contributed by atoms with van der Waals surface area (Å²) in [5.41, 5.74) is 8.24. The van der Waals surface area contributed by atoms with Crippen LogP contribution in [0.1, 0.15) is 24.7 Å². The summed E-state index contributed by atoms with van der Waals surface area (Å²) in [7, 11) is 0. The highest BCUT2D eigenvalue weighted by atomic mass is 35.5. The fourth-order valence-corrected chi connectivity index (χ4v) is 2.93. The van der Waals surface area contributed by atoms with Gasteiger partial charge >= 0.3 is 0 Å². The lowest BCUT2D eigenvalue weighted by atomic mass is 10.1. The predicted octanol–water partition coefficient (Wildman–Crippen LogP) is 4.93. The molecule has 2 aromatic carbocycles. The Morgan fingerprint density at radius 3 is 2.58 bits per heavy atom. The molecule has 0 atom stereocenters. The van der Waals surface area contributed by atoms with E-state index in [9.17, 15) is 4.39 Å². The lowest BCUT2D eigenvalue weighted by Gasteiger charge is -2.10. The first-order chi connectivity index (χ1) is 11.6. The topological polar surface area (TPSA) is 43.8 Å². The third kappa shape index (κ3) is 3.15. The number of nitrogens with zero attached hydrogens (tertiary/aromatic N) is 2. The van der Waals surface area contributed by atoms with Crippen molar-refractivity contribution < 1.29 is 4.39 Å². The molecule has 0 aliphatic carbocycles. The van der Waals surface area contributed by atoms with Crippen LogP contribution in [-0.4, -0.2) is 9.55 Å². The van der Waals surface area contributed by atoms with Gasteiger partial charge in [0.05, 0.1) is 11.6 Å². The van der Waals surface area contributed by atoms with Gasteiger partial charge in [-0.3, -0.25) is 0 Å². The van der Waals surface area contributed by atoms with Crippen LogP contribution < -0.4 is 5.73 Å². The molecule has 24 heavy (non-hydrogen) atoms. The molecule has 0 fully saturated rings. The van der Waals surface area contributed by atoms with Gasteiger partial charge < -0.3 is 10.3 Å². The van der Waals surface area contributed by atoms with E-state index in [1.165, 1.54) is 6.07 Å². The molecule has 0 saturated heterocycles. The maximum absolute atomic E-state index is 14.4. The molecule has 0 aliphatic rings. The second kappa shape index (κ2) is 7.05. The monoisotopic (exact) mass is 343 g/mol. The van der Waals surface area contributed by atoms with E-state index in [0.29, 0.717) is 23.6 Å². The minimum atomic E-state index is -0.488. The molecule has 5 heteroatoms. The second-order valence-corrected chi connectivity index (χ2v) is 6.09. The van der Waals surface area contributed by atoms with E-state index in [-0.39, 0.29) is 5.02 Å². The van der Waals surface area contributed by atoms with Gasteiger partial charge in [0.15, 0.2) is 5.82 Å². The Balaban J connectivity index is 2.09. The van der Waals surface area contributed by atoms with Crippen molar-refractivity contribution in [3.05, 3.63) is 70.8 Å².